The first-order chi connectivity index (χ1) is 13.7. The zero-order valence-corrected chi connectivity index (χ0v) is 19.0. The molecule has 0 amide bonds. The van der Waals surface area contributed by atoms with Crippen LogP contribution < -0.4 is 0 Å². The molecule has 29 heavy (non-hydrogen) atoms. The second kappa shape index (κ2) is 8.05. The Morgan fingerprint density at radius 1 is 0.690 bits per heavy atom. The Labute approximate surface area is 190 Å². The van der Waals surface area contributed by atoms with E-state index in [1.54, 1.807) is 0 Å². The topological polar surface area (TPSA) is 13.1 Å². The Morgan fingerprint density at radius 2 is 1.31 bits per heavy atom. The normalized spacial score (nSPS) is 10.8. The Hall–Kier alpha value is -2.57. The molecular formula is C27H21OZr-. The van der Waals surface area contributed by atoms with Gasteiger partial charge in [-0.2, -0.15) is 0 Å². The Kier molecular flexibility index (Phi) is 5.48. The fourth-order valence-electron chi connectivity index (χ4n) is 3.97. The summed E-state index contributed by atoms with van der Waals surface area (Å²) < 4.78 is 6.19. The maximum atomic E-state index is 6.19. The molecule has 0 aliphatic carbocycles. The van der Waals surface area contributed by atoms with Gasteiger partial charge in [0.1, 0.15) is 5.76 Å². The van der Waals surface area contributed by atoms with E-state index in [9.17, 15) is 0 Å². The van der Waals surface area contributed by atoms with Crippen molar-refractivity contribution in [3.63, 3.8) is 0 Å². The molecule has 0 aliphatic rings. The van der Waals surface area contributed by atoms with Crippen molar-refractivity contribution < 1.29 is 30.6 Å². The van der Waals surface area contributed by atoms with Crippen LogP contribution in [-0.2, 0) is 26.2 Å². The van der Waals surface area contributed by atoms with E-state index in [0.29, 0.717) is 0 Å². The fourth-order valence-corrected chi connectivity index (χ4v) is 3.97. The average Bonchev–Trinajstić information content (AvgIpc) is 3.37. The number of hydrogen-bond acceptors (Lipinski definition) is 1. The van der Waals surface area contributed by atoms with E-state index in [-0.39, 0.29) is 26.2 Å². The molecule has 1 heterocycles. The number of rotatable bonds is 3. The molecule has 0 fully saturated rings. The van der Waals surface area contributed by atoms with Crippen LogP contribution in [0.5, 0.6) is 0 Å². The molecule has 0 radical (unpaired) electrons. The summed E-state index contributed by atoms with van der Waals surface area (Å²) in [5.41, 5.74) is 7.45. The van der Waals surface area contributed by atoms with E-state index in [0.717, 1.165) is 22.6 Å². The third-order valence-electron chi connectivity index (χ3n) is 5.54. The van der Waals surface area contributed by atoms with Gasteiger partial charge >= 0.3 is 0 Å². The molecule has 0 saturated carbocycles. The summed E-state index contributed by atoms with van der Waals surface area (Å²) in [6, 6.07) is 31.8. The SMILES string of the molecule is Cc1cc2[cH-]c(-c3ccc(-c4ccccc4)o3)cc2c(-c2ccccc2)c1C.[Zr]. The summed E-state index contributed by atoms with van der Waals surface area (Å²) in [4.78, 5) is 0. The summed E-state index contributed by atoms with van der Waals surface area (Å²) in [5, 5.41) is 2.54. The minimum Gasteiger partial charge on any atom is -0.491 e. The summed E-state index contributed by atoms with van der Waals surface area (Å²) in [6.07, 6.45) is 0. The molecule has 1 nitrogen and oxygen atoms in total. The first kappa shape index (κ1) is 19.7. The Bertz CT molecular complexity index is 1260. The standard InChI is InChI=1S/C27H21O.Zr/c1-18-15-22-16-23(26-14-13-25(28-26)20-9-5-3-6-10-20)17-24(22)27(19(18)2)21-11-7-4-8-12-21;/h3-17H,1-2H3;/q-1;. The van der Waals surface area contributed by atoms with E-state index in [1.165, 1.54) is 33.0 Å². The van der Waals surface area contributed by atoms with Crippen molar-refractivity contribution in [1.82, 2.24) is 0 Å². The third-order valence-corrected chi connectivity index (χ3v) is 5.54. The van der Waals surface area contributed by atoms with Crippen molar-refractivity contribution >= 4 is 10.8 Å². The molecule has 140 valence electrons. The van der Waals surface area contributed by atoms with E-state index in [1.807, 2.05) is 18.2 Å². The average molecular weight is 453 g/mol. The van der Waals surface area contributed by atoms with Crippen molar-refractivity contribution in [3.8, 4) is 33.8 Å². The monoisotopic (exact) mass is 451 g/mol. The van der Waals surface area contributed by atoms with Crippen LogP contribution in [0, 0.1) is 13.8 Å². The number of fused-ring (bicyclic) bond motifs is 1. The first-order valence-corrected chi connectivity index (χ1v) is 9.62. The Balaban J connectivity index is 0.00000205. The van der Waals surface area contributed by atoms with Crippen LogP contribution in [0.4, 0.5) is 0 Å². The minimum atomic E-state index is 0. The van der Waals surface area contributed by atoms with Crippen molar-refractivity contribution in [3.05, 3.63) is 102 Å². The van der Waals surface area contributed by atoms with Gasteiger partial charge in [-0.25, -0.2) is 0 Å². The number of aryl methyl sites for hydroxylation is 1. The molecule has 1 aromatic heterocycles. The molecule has 0 spiro atoms. The molecule has 4 aromatic carbocycles. The molecule has 0 bridgehead atoms. The van der Waals surface area contributed by atoms with Gasteiger partial charge in [-0.15, -0.1) is 29.0 Å². The third kappa shape index (κ3) is 3.58. The van der Waals surface area contributed by atoms with E-state index in [4.69, 9.17) is 4.42 Å². The summed E-state index contributed by atoms with van der Waals surface area (Å²) in [6.45, 7) is 4.40. The van der Waals surface area contributed by atoms with Gasteiger partial charge < -0.3 is 4.42 Å². The smallest absolute Gasteiger partial charge is 0.123 e. The van der Waals surface area contributed by atoms with Crippen LogP contribution >= 0.6 is 0 Å². The first-order valence-electron chi connectivity index (χ1n) is 9.62. The van der Waals surface area contributed by atoms with Crippen LogP contribution in [0.15, 0.2) is 95.4 Å². The van der Waals surface area contributed by atoms with Gasteiger partial charge in [0.2, 0.25) is 0 Å². The largest absolute Gasteiger partial charge is 0.491 e. The number of furan rings is 1. The summed E-state index contributed by atoms with van der Waals surface area (Å²) in [5.74, 6) is 1.81. The maximum absolute atomic E-state index is 6.19. The quantitative estimate of drug-likeness (QED) is 0.255. The zero-order chi connectivity index (χ0) is 19.1. The van der Waals surface area contributed by atoms with Crippen molar-refractivity contribution in [2.45, 2.75) is 13.8 Å². The molecule has 0 saturated heterocycles. The predicted molar refractivity (Wildman–Crippen MR) is 118 cm³/mol. The van der Waals surface area contributed by atoms with Crippen LogP contribution in [0.1, 0.15) is 11.1 Å². The van der Waals surface area contributed by atoms with Crippen molar-refractivity contribution in [2.75, 3.05) is 0 Å². The van der Waals surface area contributed by atoms with E-state index in [2.05, 4.69) is 86.6 Å². The maximum Gasteiger partial charge on any atom is 0.123 e. The molecule has 2 heteroatoms. The van der Waals surface area contributed by atoms with Gasteiger partial charge in [0.05, 0.1) is 5.76 Å². The Morgan fingerprint density at radius 3 is 2.00 bits per heavy atom. The molecule has 0 unspecified atom stereocenters. The molecule has 5 aromatic rings. The van der Waals surface area contributed by atoms with Crippen molar-refractivity contribution in [1.29, 1.82) is 0 Å². The molecule has 5 rings (SSSR count). The van der Waals surface area contributed by atoms with Gasteiger partial charge in [-0.1, -0.05) is 77.4 Å². The van der Waals surface area contributed by atoms with E-state index < -0.39 is 0 Å². The van der Waals surface area contributed by atoms with Gasteiger partial charge in [-0.3, -0.25) is 0 Å². The van der Waals surface area contributed by atoms with E-state index >= 15 is 0 Å². The molecule has 0 aliphatic heterocycles. The van der Waals surface area contributed by atoms with Crippen LogP contribution in [-0.4, -0.2) is 0 Å². The molecule has 0 atom stereocenters. The van der Waals surface area contributed by atoms with Gasteiger partial charge in [-0.05, 0) is 37.1 Å². The minimum absolute atomic E-state index is 0. The van der Waals surface area contributed by atoms with Gasteiger partial charge in [0.25, 0.3) is 0 Å². The second-order valence-corrected chi connectivity index (χ2v) is 7.34. The number of benzene rings is 3. The van der Waals surface area contributed by atoms with Crippen LogP contribution in [0.3, 0.4) is 0 Å². The zero-order valence-electron chi connectivity index (χ0n) is 16.6. The van der Waals surface area contributed by atoms with Crippen LogP contribution in [0.2, 0.25) is 0 Å². The van der Waals surface area contributed by atoms with Crippen LogP contribution in [0.25, 0.3) is 44.5 Å². The predicted octanol–water partition coefficient (Wildman–Crippen LogP) is 7.77. The molecular weight excluding hydrogens is 432 g/mol. The summed E-state index contributed by atoms with van der Waals surface area (Å²) >= 11 is 0. The summed E-state index contributed by atoms with van der Waals surface area (Å²) in [7, 11) is 0. The van der Waals surface area contributed by atoms with Gasteiger partial charge in [0.15, 0.2) is 0 Å². The van der Waals surface area contributed by atoms with Crippen molar-refractivity contribution in [2.24, 2.45) is 0 Å². The molecule has 0 N–H and O–H groups in total. The number of hydrogen-bond donors (Lipinski definition) is 0. The van der Waals surface area contributed by atoms with Gasteiger partial charge in [0, 0.05) is 31.8 Å². The fraction of sp³-hybridized carbons (Fsp3) is 0.0741. The second-order valence-electron chi connectivity index (χ2n) is 7.34.